The quantitative estimate of drug-likeness (QED) is 0.519. The number of anilines is 1. The molecule has 0 aliphatic rings. The summed E-state index contributed by atoms with van der Waals surface area (Å²) in [5, 5.41) is 14.5. The van der Waals surface area contributed by atoms with Crippen molar-refractivity contribution in [2.24, 2.45) is 0 Å². The van der Waals surface area contributed by atoms with Crippen LogP contribution in [0.2, 0.25) is 0 Å². The number of nitrogens with zero attached hydrogens (tertiary/aromatic N) is 2. The van der Waals surface area contributed by atoms with Crippen LogP contribution in [0.4, 0.5) is 11.4 Å². The molecule has 7 heteroatoms. The monoisotopic (exact) mass is 317 g/mol. The number of hydrogen-bond donors (Lipinski definition) is 1. The fourth-order valence-corrected chi connectivity index (χ4v) is 2.66. The third kappa shape index (κ3) is 4.05. The van der Waals surface area contributed by atoms with Crippen molar-refractivity contribution in [2.45, 2.75) is 18.9 Å². The van der Waals surface area contributed by atoms with Crippen molar-refractivity contribution in [3.05, 3.63) is 57.8 Å². The van der Waals surface area contributed by atoms with Crippen molar-refractivity contribution in [2.75, 3.05) is 11.1 Å². The minimum absolute atomic E-state index is 0.0892. The molecule has 0 aliphatic carbocycles. The van der Waals surface area contributed by atoms with Gasteiger partial charge in [0.25, 0.3) is 5.69 Å². The van der Waals surface area contributed by atoms with Crippen LogP contribution in [0.1, 0.15) is 11.1 Å². The zero-order valence-corrected chi connectivity index (χ0v) is 13.0. The molecule has 0 atom stereocenters. The Kier molecular flexibility index (Phi) is 5.11. The lowest BCUT2D eigenvalue weighted by atomic mass is 10.1. The molecule has 0 saturated heterocycles. The molecule has 0 aliphatic heterocycles. The van der Waals surface area contributed by atoms with Crippen LogP contribution < -0.4 is 5.32 Å². The van der Waals surface area contributed by atoms with E-state index in [0.29, 0.717) is 5.56 Å². The van der Waals surface area contributed by atoms with E-state index in [0.717, 1.165) is 10.6 Å². The zero-order chi connectivity index (χ0) is 16.1. The Morgan fingerprint density at radius 3 is 2.77 bits per heavy atom. The highest BCUT2D eigenvalue weighted by Crippen LogP contribution is 2.29. The Hall–Kier alpha value is -2.41. The van der Waals surface area contributed by atoms with Crippen LogP contribution >= 0.6 is 11.8 Å². The Morgan fingerprint density at radius 1 is 1.36 bits per heavy atom. The summed E-state index contributed by atoms with van der Waals surface area (Å²) in [5.74, 6) is -0.160. The third-order valence-corrected chi connectivity index (χ3v) is 3.85. The number of amides is 1. The average molecular weight is 317 g/mol. The first-order chi connectivity index (χ1) is 10.5. The van der Waals surface area contributed by atoms with Crippen molar-refractivity contribution < 1.29 is 9.72 Å². The first-order valence-corrected chi connectivity index (χ1v) is 7.55. The predicted molar refractivity (Wildman–Crippen MR) is 86.2 cm³/mol. The van der Waals surface area contributed by atoms with E-state index >= 15 is 0 Å². The molecule has 22 heavy (non-hydrogen) atoms. The molecule has 6 nitrogen and oxygen atoms in total. The van der Waals surface area contributed by atoms with E-state index in [1.54, 1.807) is 38.2 Å². The highest BCUT2D eigenvalue weighted by atomic mass is 32.2. The fraction of sp³-hybridized carbons (Fsp3) is 0.200. The molecule has 0 unspecified atom stereocenters. The molecule has 0 spiro atoms. The number of nitro groups is 1. The van der Waals surface area contributed by atoms with Gasteiger partial charge < -0.3 is 5.32 Å². The summed E-state index contributed by atoms with van der Waals surface area (Å²) in [6, 6.07) is 8.69. The van der Waals surface area contributed by atoms with E-state index in [-0.39, 0.29) is 23.0 Å². The topological polar surface area (TPSA) is 85.1 Å². The van der Waals surface area contributed by atoms with E-state index in [2.05, 4.69) is 10.3 Å². The number of rotatable bonds is 5. The van der Waals surface area contributed by atoms with Crippen molar-refractivity contribution in [1.82, 2.24) is 4.98 Å². The van der Waals surface area contributed by atoms with Crippen molar-refractivity contribution in [1.29, 1.82) is 0 Å². The lowest BCUT2D eigenvalue weighted by Gasteiger charge is -2.10. The van der Waals surface area contributed by atoms with Crippen LogP contribution in [-0.4, -0.2) is 21.6 Å². The molecule has 2 aromatic rings. The number of nitrogens with one attached hydrogen (secondary N) is 1. The molecule has 1 heterocycles. The maximum absolute atomic E-state index is 12.0. The number of hydrogen-bond acceptors (Lipinski definition) is 5. The van der Waals surface area contributed by atoms with Gasteiger partial charge >= 0.3 is 0 Å². The largest absolute Gasteiger partial charge is 0.319 e. The van der Waals surface area contributed by atoms with Crippen molar-refractivity contribution in [3.63, 3.8) is 0 Å². The number of aryl methyl sites for hydroxylation is 2. The van der Waals surface area contributed by atoms with E-state index in [9.17, 15) is 14.9 Å². The molecular weight excluding hydrogens is 302 g/mol. The summed E-state index contributed by atoms with van der Waals surface area (Å²) in [5.41, 5.74) is 1.61. The predicted octanol–water partition coefficient (Wildman–Crippen LogP) is 3.34. The lowest BCUT2D eigenvalue weighted by molar-refractivity contribution is -0.384. The van der Waals surface area contributed by atoms with E-state index in [1.165, 1.54) is 17.8 Å². The van der Waals surface area contributed by atoms with E-state index in [1.807, 2.05) is 6.07 Å². The van der Waals surface area contributed by atoms with Gasteiger partial charge in [-0.1, -0.05) is 23.9 Å². The minimum Gasteiger partial charge on any atom is -0.319 e. The highest BCUT2D eigenvalue weighted by molar-refractivity contribution is 7.99. The molecule has 0 bridgehead atoms. The zero-order valence-electron chi connectivity index (χ0n) is 12.2. The number of carbonyl (C=O) groups is 1. The van der Waals surface area contributed by atoms with Gasteiger partial charge in [0.05, 0.1) is 15.7 Å². The number of pyridine rings is 1. The molecule has 2 rings (SSSR count). The Morgan fingerprint density at radius 2 is 2.14 bits per heavy atom. The Labute approximate surface area is 132 Å². The second kappa shape index (κ2) is 7.04. The van der Waals surface area contributed by atoms with Crippen LogP contribution in [0.5, 0.6) is 0 Å². The molecule has 1 aromatic carbocycles. The molecule has 114 valence electrons. The fourth-order valence-electron chi connectivity index (χ4n) is 2.00. The number of benzene rings is 1. The molecular formula is C15H15N3O3S. The number of thioether (sulfide) groups is 1. The van der Waals surface area contributed by atoms with Crippen molar-refractivity contribution >= 4 is 29.0 Å². The number of aromatic nitrogens is 1. The standard InChI is InChI=1S/C15H15N3O3S/c1-10-7-11(2)15(12(8-10)18(20)21)17-13(19)9-22-14-5-3-4-6-16-14/h3-8H,9H2,1-2H3,(H,17,19). The second-order valence-corrected chi connectivity index (χ2v) is 5.73. The smallest absolute Gasteiger partial charge is 0.293 e. The first-order valence-electron chi connectivity index (χ1n) is 6.56. The Bertz CT molecular complexity index is 705. The van der Waals surface area contributed by atoms with E-state index < -0.39 is 4.92 Å². The maximum atomic E-state index is 12.0. The molecule has 1 amide bonds. The lowest BCUT2D eigenvalue weighted by Crippen LogP contribution is -2.16. The van der Waals surface area contributed by atoms with E-state index in [4.69, 9.17) is 0 Å². The average Bonchev–Trinajstić information content (AvgIpc) is 2.48. The Balaban J connectivity index is 2.10. The van der Waals surface area contributed by atoms with Gasteiger partial charge in [-0.05, 0) is 37.1 Å². The van der Waals surface area contributed by atoms with Gasteiger partial charge in [-0.2, -0.15) is 0 Å². The van der Waals surface area contributed by atoms with Gasteiger partial charge in [0, 0.05) is 12.3 Å². The number of carbonyl (C=O) groups excluding carboxylic acids is 1. The summed E-state index contributed by atoms with van der Waals surface area (Å²) in [6.07, 6.45) is 1.65. The minimum atomic E-state index is -0.485. The van der Waals surface area contributed by atoms with Gasteiger partial charge in [-0.3, -0.25) is 14.9 Å². The van der Waals surface area contributed by atoms with Crippen LogP contribution in [0, 0.1) is 24.0 Å². The highest BCUT2D eigenvalue weighted by Gasteiger charge is 2.19. The van der Waals surface area contributed by atoms with Gasteiger partial charge in [-0.15, -0.1) is 0 Å². The van der Waals surface area contributed by atoms with Gasteiger partial charge in [0.2, 0.25) is 5.91 Å². The van der Waals surface area contributed by atoms with Gasteiger partial charge in [0.15, 0.2) is 0 Å². The number of nitro benzene ring substituents is 1. The summed E-state index contributed by atoms with van der Waals surface area (Å²) in [6.45, 7) is 3.52. The molecule has 0 fully saturated rings. The van der Waals surface area contributed by atoms with Crippen LogP contribution in [0.15, 0.2) is 41.6 Å². The van der Waals surface area contributed by atoms with Crippen LogP contribution in [0.25, 0.3) is 0 Å². The third-order valence-electron chi connectivity index (χ3n) is 2.91. The van der Waals surface area contributed by atoms with Crippen LogP contribution in [-0.2, 0) is 4.79 Å². The summed E-state index contributed by atoms with van der Waals surface area (Å²) >= 11 is 1.28. The molecule has 1 aromatic heterocycles. The molecule has 0 saturated carbocycles. The van der Waals surface area contributed by atoms with Crippen molar-refractivity contribution in [3.8, 4) is 0 Å². The first kappa shape index (κ1) is 16.0. The second-order valence-electron chi connectivity index (χ2n) is 4.74. The molecule has 0 radical (unpaired) electrons. The van der Waals surface area contributed by atoms with Crippen LogP contribution in [0.3, 0.4) is 0 Å². The normalized spacial score (nSPS) is 10.3. The summed E-state index contributed by atoms with van der Waals surface area (Å²) in [4.78, 5) is 26.8. The maximum Gasteiger partial charge on any atom is 0.293 e. The summed E-state index contributed by atoms with van der Waals surface area (Å²) in [7, 11) is 0. The summed E-state index contributed by atoms with van der Waals surface area (Å²) < 4.78 is 0. The molecule has 1 N–H and O–H groups in total. The SMILES string of the molecule is Cc1cc(C)c(NC(=O)CSc2ccccn2)c([N+](=O)[O-])c1. The van der Waals surface area contributed by atoms with Gasteiger partial charge in [0.1, 0.15) is 5.69 Å². The van der Waals surface area contributed by atoms with Gasteiger partial charge in [-0.25, -0.2) is 4.98 Å².